The van der Waals surface area contributed by atoms with Gasteiger partial charge in [-0.2, -0.15) is 0 Å². The summed E-state index contributed by atoms with van der Waals surface area (Å²) in [4.78, 5) is 14.4. The quantitative estimate of drug-likeness (QED) is 0.663. The van der Waals surface area contributed by atoms with Gasteiger partial charge in [-0.05, 0) is 43.7 Å². The predicted molar refractivity (Wildman–Crippen MR) is 94.4 cm³/mol. The second kappa shape index (κ2) is 10.1. The number of carbonyl (C=O) groups is 1. The first-order valence-corrected chi connectivity index (χ1v) is 9.65. The monoisotopic (exact) mass is 339 g/mol. The molecule has 2 rings (SSSR count). The first-order valence-electron chi connectivity index (χ1n) is 8.83. The van der Waals surface area contributed by atoms with Gasteiger partial charge in [0.05, 0.1) is 17.6 Å². The Balaban J connectivity index is 1.64. The molecule has 2 heterocycles. The van der Waals surface area contributed by atoms with Crippen LogP contribution in [0.4, 0.5) is 0 Å². The van der Waals surface area contributed by atoms with Crippen LogP contribution < -0.4 is 5.32 Å². The molecular weight excluding hydrogens is 310 g/mol. The summed E-state index contributed by atoms with van der Waals surface area (Å²) in [5, 5.41) is 2.99. The highest BCUT2D eigenvalue weighted by molar-refractivity contribution is 7.14. The summed E-state index contributed by atoms with van der Waals surface area (Å²) in [5.41, 5.74) is 1.32. The molecule has 0 radical (unpaired) electrons. The number of nitrogens with one attached hydrogen (secondary N) is 1. The molecule has 0 spiro atoms. The summed E-state index contributed by atoms with van der Waals surface area (Å²) in [6, 6.07) is 2.05. The first-order chi connectivity index (χ1) is 11.2. The third-order valence-electron chi connectivity index (χ3n) is 4.06. The van der Waals surface area contributed by atoms with Crippen LogP contribution in [-0.2, 0) is 22.3 Å². The molecule has 1 atom stereocenters. The lowest BCUT2D eigenvalue weighted by molar-refractivity contribution is 0.0166. The van der Waals surface area contributed by atoms with Crippen molar-refractivity contribution in [1.29, 1.82) is 0 Å². The number of thiophene rings is 1. The fourth-order valence-electron chi connectivity index (χ4n) is 2.77. The average Bonchev–Trinajstić information content (AvgIpc) is 3.20. The lowest BCUT2D eigenvalue weighted by atomic mass is 10.1. The Labute approximate surface area is 143 Å². The molecule has 5 heteroatoms. The molecule has 1 unspecified atom stereocenters. The van der Waals surface area contributed by atoms with E-state index >= 15 is 0 Å². The van der Waals surface area contributed by atoms with Crippen LogP contribution >= 0.6 is 11.3 Å². The van der Waals surface area contributed by atoms with E-state index in [1.54, 1.807) is 11.3 Å². The molecule has 1 aliphatic rings. The van der Waals surface area contributed by atoms with Crippen molar-refractivity contribution in [2.45, 2.75) is 58.5 Å². The van der Waals surface area contributed by atoms with Gasteiger partial charge >= 0.3 is 0 Å². The smallest absolute Gasteiger partial charge is 0.261 e. The molecule has 0 aromatic carbocycles. The van der Waals surface area contributed by atoms with Crippen LogP contribution in [0.25, 0.3) is 0 Å². The molecule has 1 amide bonds. The minimum absolute atomic E-state index is 0.0474. The third-order valence-corrected chi connectivity index (χ3v) is 5.29. The second-order valence-corrected chi connectivity index (χ2v) is 7.12. The Hall–Kier alpha value is -0.910. The Morgan fingerprint density at radius 3 is 3.04 bits per heavy atom. The van der Waals surface area contributed by atoms with Crippen LogP contribution in [0.2, 0.25) is 0 Å². The van der Waals surface area contributed by atoms with Crippen molar-refractivity contribution in [3.63, 3.8) is 0 Å². The van der Waals surface area contributed by atoms with Crippen LogP contribution in [-0.4, -0.2) is 38.4 Å². The van der Waals surface area contributed by atoms with Crippen molar-refractivity contribution in [2.75, 3.05) is 26.4 Å². The summed E-state index contributed by atoms with van der Waals surface area (Å²) < 4.78 is 11.1. The highest BCUT2D eigenvalue weighted by Crippen LogP contribution is 2.24. The average molecular weight is 340 g/mol. The molecule has 1 aliphatic heterocycles. The van der Waals surface area contributed by atoms with Crippen LogP contribution in [0.3, 0.4) is 0 Å². The Kier molecular flexibility index (Phi) is 8.06. The molecule has 1 N–H and O–H groups in total. The minimum atomic E-state index is 0.0474. The van der Waals surface area contributed by atoms with Crippen LogP contribution in [0.15, 0.2) is 6.07 Å². The maximum Gasteiger partial charge on any atom is 0.261 e. The Morgan fingerprint density at radius 2 is 2.35 bits per heavy atom. The lowest BCUT2D eigenvalue weighted by Gasteiger charge is -2.10. The van der Waals surface area contributed by atoms with Gasteiger partial charge in [0.2, 0.25) is 0 Å². The number of hydrogen-bond acceptors (Lipinski definition) is 4. The van der Waals surface area contributed by atoms with Gasteiger partial charge in [-0.3, -0.25) is 4.79 Å². The summed E-state index contributed by atoms with van der Waals surface area (Å²) >= 11 is 1.64. The number of ether oxygens (including phenoxy) is 2. The van der Waals surface area contributed by atoms with Gasteiger partial charge in [0.25, 0.3) is 5.91 Å². The molecule has 1 fully saturated rings. The van der Waals surface area contributed by atoms with Gasteiger partial charge in [-0.15, -0.1) is 11.3 Å². The fourth-order valence-corrected chi connectivity index (χ4v) is 4.04. The SMILES string of the molecule is CCCc1sc(C(=O)NCCCOCC2CCCO2)cc1CC. The zero-order chi connectivity index (χ0) is 16.5. The van der Waals surface area contributed by atoms with E-state index in [1.807, 2.05) is 0 Å². The van der Waals surface area contributed by atoms with Crippen LogP contribution in [0.5, 0.6) is 0 Å². The van der Waals surface area contributed by atoms with E-state index in [1.165, 1.54) is 10.4 Å². The van der Waals surface area contributed by atoms with E-state index in [2.05, 4.69) is 25.2 Å². The zero-order valence-electron chi connectivity index (χ0n) is 14.4. The van der Waals surface area contributed by atoms with Crippen LogP contribution in [0.1, 0.15) is 59.6 Å². The van der Waals surface area contributed by atoms with Crippen molar-refractivity contribution < 1.29 is 14.3 Å². The van der Waals surface area contributed by atoms with Gasteiger partial charge in [-0.25, -0.2) is 0 Å². The highest BCUT2D eigenvalue weighted by atomic mass is 32.1. The minimum Gasteiger partial charge on any atom is -0.379 e. The van der Waals surface area contributed by atoms with Gasteiger partial charge in [-0.1, -0.05) is 20.3 Å². The molecule has 130 valence electrons. The molecule has 0 bridgehead atoms. The molecular formula is C18H29NO3S. The normalized spacial score (nSPS) is 17.6. The number of carbonyl (C=O) groups excluding carboxylic acids is 1. The van der Waals surface area contributed by atoms with Crippen molar-refractivity contribution in [3.8, 4) is 0 Å². The Morgan fingerprint density at radius 1 is 1.48 bits per heavy atom. The van der Waals surface area contributed by atoms with Crippen molar-refractivity contribution in [3.05, 3.63) is 21.4 Å². The van der Waals surface area contributed by atoms with E-state index in [0.29, 0.717) is 19.8 Å². The van der Waals surface area contributed by atoms with Gasteiger partial charge in [0, 0.05) is 24.6 Å². The molecule has 23 heavy (non-hydrogen) atoms. The van der Waals surface area contributed by atoms with E-state index < -0.39 is 0 Å². The third kappa shape index (κ3) is 5.90. The summed E-state index contributed by atoms with van der Waals surface area (Å²) in [6.07, 6.45) is 6.55. The van der Waals surface area contributed by atoms with Crippen molar-refractivity contribution >= 4 is 17.2 Å². The zero-order valence-corrected chi connectivity index (χ0v) is 15.2. The van der Waals surface area contributed by atoms with Gasteiger partial charge < -0.3 is 14.8 Å². The maximum atomic E-state index is 12.2. The number of aryl methyl sites for hydroxylation is 2. The topological polar surface area (TPSA) is 47.6 Å². The first kappa shape index (κ1) is 18.4. The van der Waals surface area contributed by atoms with E-state index in [9.17, 15) is 4.79 Å². The molecule has 1 aromatic heterocycles. The van der Waals surface area contributed by atoms with E-state index in [0.717, 1.165) is 50.0 Å². The molecule has 0 aliphatic carbocycles. The molecule has 4 nitrogen and oxygen atoms in total. The number of hydrogen-bond donors (Lipinski definition) is 1. The van der Waals surface area contributed by atoms with Crippen molar-refractivity contribution in [1.82, 2.24) is 5.32 Å². The molecule has 0 saturated carbocycles. The van der Waals surface area contributed by atoms with Gasteiger partial charge in [0.1, 0.15) is 0 Å². The second-order valence-electron chi connectivity index (χ2n) is 5.98. The highest BCUT2D eigenvalue weighted by Gasteiger charge is 2.15. The standard InChI is InChI=1S/C18H29NO3S/c1-3-7-16-14(4-2)12-17(23-16)18(20)19-9-6-10-21-13-15-8-5-11-22-15/h12,15H,3-11,13H2,1-2H3,(H,19,20). The number of rotatable bonds is 10. The molecule has 1 saturated heterocycles. The fraction of sp³-hybridized carbons (Fsp3) is 0.722. The summed E-state index contributed by atoms with van der Waals surface area (Å²) in [5.74, 6) is 0.0474. The van der Waals surface area contributed by atoms with Crippen LogP contribution in [0, 0.1) is 0 Å². The lowest BCUT2D eigenvalue weighted by Crippen LogP contribution is -2.25. The molecule has 1 aromatic rings. The van der Waals surface area contributed by atoms with Crippen molar-refractivity contribution in [2.24, 2.45) is 0 Å². The van der Waals surface area contributed by atoms with Gasteiger partial charge in [0.15, 0.2) is 0 Å². The Bertz CT molecular complexity index is 481. The van der Waals surface area contributed by atoms with E-state index in [-0.39, 0.29) is 12.0 Å². The van der Waals surface area contributed by atoms with E-state index in [4.69, 9.17) is 9.47 Å². The predicted octanol–water partition coefficient (Wildman–Crippen LogP) is 3.58. The summed E-state index contributed by atoms with van der Waals surface area (Å²) in [6.45, 7) is 7.20. The number of amides is 1. The maximum absolute atomic E-state index is 12.2. The summed E-state index contributed by atoms with van der Waals surface area (Å²) in [7, 11) is 0. The largest absolute Gasteiger partial charge is 0.379 e.